The number of likely N-dealkylation sites (N-methyl/N-ethyl adjacent to an activating group) is 1. The third kappa shape index (κ3) is 7.25. The monoisotopic (exact) mass is 515 g/mol. The van der Waals surface area contributed by atoms with Crippen molar-refractivity contribution in [3.8, 4) is 0 Å². The minimum absolute atomic E-state index is 0. The summed E-state index contributed by atoms with van der Waals surface area (Å²) in [5, 5.41) is 7.12. The number of hydrogen-bond donors (Lipinski definition) is 2. The maximum atomic E-state index is 4.67. The predicted molar refractivity (Wildman–Crippen MR) is 132 cm³/mol. The number of likely N-dealkylation sites (tertiary alicyclic amines) is 1. The molecule has 3 rings (SSSR count). The van der Waals surface area contributed by atoms with Gasteiger partial charge >= 0.3 is 0 Å². The van der Waals surface area contributed by atoms with Gasteiger partial charge in [0.1, 0.15) is 5.82 Å². The Morgan fingerprint density at radius 3 is 2.55 bits per heavy atom. The molecule has 0 unspecified atom stereocenters. The molecule has 0 radical (unpaired) electrons. The quantitative estimate of drug-likeness (QED) is 0.344. The lowest BCUT2D eigenvalue weighted by Gasteiger charge is -2.34. The highest BCUT2D eigenvalue weighted by atomic mass is 127. The van der Waals surface area contributed by atoms with Gasteiger partial charge in [0.2, 0.25) is 0 Å². The summed E-state index contributed by atoms with van der Waals surface area (Å²) in [5.74, 6) is 1.99. The van der Waals surface area contributed by atoms with Gasteiger partial charge in [-0.2, -0.15) is 0 Å². The second-order valence-electron chi connectivity index (χ2n) is 7.96. The summed E-state index contributed by atoms with van der Waals surface area (Å²) in [4.78, 5) is 16.5. The number of anilines is 1. The number of aromatic nitrogens is 1. The molecule has 29 heavy (non-hydrogen) atoms. The second kappa shape index (κ2) is 12.5. The summed E-state index contributed by atoms with van der Waals surface area (Å²) < 4.78 is 0. The number of piperidine rings is 1. The Hall–Kier alpha value is -1.13. The number of guanidine groups is 1. The summed E-state index contributed by atoms with van der Waals surface area (Å²) in [5.41, 5.74) is 1.23. The SMILES string of the molecule is CCCN1CCC(NC(=NC)NCc2cccnc2N2CCN(C)CC2)CC1.I. The van der Waals surface area contributed by atoms with E-state index < -0.39 is 0 Å². The third-order valence-corrected chi connectivity index (χ3v) is 5.81. The van der Waals surface area contributed by atoms with E-state index in [1.807, 2.05) is 19.3 Å². The maximum Gasteiger partial charge on any atom is 0.191 e. The number of hydrogen-bond acceptors (Lipinski definition) is 5. The van der Waals surface area contributed by atoms with Gasteiger partial charge in [0.05, 0.1) is 0 Å². The zero-order valence-electron chi connectivity index (χ0n) is 18.2. The Balaban J connectivity index is 0.00000300. The predicted octanol–water partition coefficient (Wildman–Crippen LogP) is 1.99. The molecule has 0 amide bonds. The molecule has 8 heteroatoms. The highest BCUT2D eigenvalue weighted by Crippen LogP contribution is 2.18. The van der Waals surface area contributed by atoms with Crippen LogP contribution in [0.2, 0.25) is 0 Å². The average molecular weight is 515 g/mol. The van der Waals surface area contributed by atoms with Crippen LogP contribution < -0.4 is 15.5 Å². The van der Waals surface area contributed by atoms with Crippen LogP contribution in [0, 0.1) is 0 Å². The fourth-order valence-corrected chi connectivity index (χ4v) is 4.06. The number of piperazine rings is 1. The lowest BCUT2D eigenvalue weighted by atomic mass is 10.1. The molecule has 3 heterocycles. The van der Waals surface area contributed by atoms with Crippen molar-refractivity contribution < 1.29 is 0 Å². The largest absolute Gasteiger partial charge is 0.354 e. The first kappa shape index (κ1) is 24.1. The Bertz CT molecular complexity index is 623. The van der Waals surface area contributed by atoms with E-state index in [-0.39, 0.29) is 24.0 Å². The molecule has 1 aromatic rings. The summed E-state index contributed by atoms with van der Waals surface area (Å²) in [6.07, 6.45) is 5.50. The van der Waals surface area contributed by atoms with Gasteiger partial charge in [0.15, 0.2) is 5.96 Å². The summed E-state index contributed by atoms with van der Waals surface area (Å²) >= 11 is 0. The first-order chi connectivity index (χ1) is 13.7. The zero-order valence-corrected chi connectivity index (χ0v) is 20.6. The lowest BCUT2D eigenvalue weighted by Crippen LogP contribution is -2.48. The molecule has 2 saturated heterocycles. The molecule has 0 aromatic carbocycles. The summed E-state index contributed by atoms with van der Waals surface area (Å²) in [7, 11) is 4.03. The third-order valence-electron chi connectivity index (χ3n) is 5.81. The molecule has 2 N–H and O–H groups in total. The van der Waals surface area contributed by atoms with Crippen LogP contribution in [-0.2, 0) is 6.54 Å². The van der Waals surface area contributed by atoms with Crippen molar-refractivity contribution in [2.45, 2.75) is 38.8 Å². The van der Waals surface area contributed by atoms with Gasteiger partial charge in [-0.15, -0.1) is 24.0 Å². The molecule has 164 valence electrons. The van der Waals surface area contributed by atoms with E-state index in [0.717, 1.165) is 44.5 Å². The fraction of sp³-hybridized carbons (Fsp3) is 0.714. The van der Waals surface area contributed by atoms with Crippen LogP contribution in [0.1, 0.15) is 31.7 Å². The summed E-state index contributed by atoms with van der Waals surface area (Å²) in [6.45, 7) is 10.8. The fourth-order valence-electron chi connectivity index (χ4n) is 4.06. The Morgan fingerprint density at radius 2 is 1.90 bits per heavy atom. The van der Waals surface area contributed by atoms with Crippen molar-refractivity contribution in [2.75, 3.05) is 64.8 Å². The summed E-state index contributed by atoms with van der Waals surface area (Å²) in [6, 6.07) is 4.70. The molecular formula is C21H38IN7. The van der Waals surface area contributed by atoms with Gasteiger partial charge < -0.3 is 25.3 Å². The number of rotatable bonds is 6. The molecule has 7 nitrogen and oxygen atoms in total. The van der Waals surface area contributed by atoms with Crippen LogP contribution in [0.3, 0.4) is 0 Å². The van der Waals surface area contributed by atoms with Crippen molar-refractivity contribution >= 4 is 35.8 Å². The van der Waals surface area contributed by atoms with E-state index in [9.17, 15) is 0 Å². The molecule has 0 atom stereocenters. The van der Waals surface area contributed by atoms with Crippen LogP contribution in [0.25, 0.3) is 0 Å². The van der Waals surface area contributed by atoms with Crippen LogP contribution in [0.4, 0.5) is 5.82 Å². The van der Waals surface area contributed by atoms with Crippen molar-refractivity contribution in [1.29, 1.82) is 0 Å². The number of nitrogens with zero attached hydrogens (tertiary/aromatic N) is 5. The van der Waals surface area contributed by atoms with E-state index in [4.69, 9.17) is 0 Å². The van der Waals surface area contributed by atoms with Gasteiger partial charge in [-0.25, -0.2) is 4.98 Å². The van der Waals surface area contributed by atoms with Gasteiger partial charge in [0, 0.05) is 70.7 Å². The molecule has 0 spiro atoms. The van der Waals surface area contributed by atoms with Crippen molar-refractivity contribution in [3.63, 3.8) is 0 Å². The van der Waals surface area contributed by atoms with Crippen molar-refractivity contribution in [1.82, 2.24) is 25.4 Å². The van der Waals surface area contributed by atoms with E-state index in [1.165, 1.54) is 44.5 Å². The minimum atomic E-state index is 0. The Kier molecular flexibility index (Phi) is 10.4. The van der Waals surface area contributed by atoms with Gasteiger partial charge in [-0.05, 0) is 38.9 Å². The Labute approximate surface area is 193 Å². The first-order valence-electron chi connectivity index (χ1n) is 10.8. The molecule has 1 aromatic heterocycles. The highest BCUT2D eigenvalue weighted by molar-refractivity contribution is 14.0. The van der Waals surface area contributed by atoms with E-state index in [1.54, 1.807) is 0 Å². The standard InChI is InChI=1S/C21H37N7.HI/c1-4-10-27-11-7-19(8-12-27)25-21(22-2)24-17-18-6-5-9-23-20(18)28-15-13-26(3)14-16-28;/h5-6,9,19H,4,7-8,10-17H2,1-3H3,(H2,22,24,25);1H. The maximum absolute atomic E-state index is 4.67. The van der Waals surface area contributed by atoms with Crippen LogP contribution in [-0.4, -0.2) is 86.7 Å². The highest BCUT2D eigenvalue weighted by Gasteiger charge is 2.20. The molecule has 2 aliphatic heterocycles. The van der Waals surface area contributed by atoms with E-state index in [2.05, 4.69) is 55.3 Å². The first-order valence-corrected chi connectivity index (χ1v) is 10.8. The van der Waals surface area contributed by atoms with Crippen LogP contribution in [0.5, 0.6) is 0 Å². The smallest absolute Gasteiger partial charge is 0.191 e. The topological polar surface area (TPSA) is 59.0 Å². The number of pyridine rings is 1. The molecule has 2 fully saturated rings. The molecular weight excluding hydrogens is 477 g/mol. The normalized spacial score (nSPS) is 19.7. The number of nitrogens with one attached hydrogen (secondary N) is 2. The van der Waals surface area contributed by atoms with Gasteiger partial charge in [0.25, 0.3) is 0 Å². The molecule has 0 bridgehead atoms. The molecule has 0 saturated carbocycles. The number of aliphatic imine (C=N–C) groups is 1. The van der Waals surface area contributed by atoms with E-state index >= 15 is 0 Å². The van der Waals surface area contributed by atoms with Gasteiger partial charge in [-0.3, -0.25) is 4.99 Å². The molecule has 2 aliphatic rings. The average Bonchev–Trinajstić information content (AvgIpc) is 2.73. The Morgan fingerprint density at radius 1 is 1.17 bits per heavy atom. The second-order valence-corrected chi connectivity index (χ2v) is 7.96. The van der Waals surface area contributed by atoms with Crippen molar-refractivity contribution in [2.24, 2.45) is 4.99 Å². The minimum Gasteiger partial charge on any atom is -0.354 e. The number of halogens is 1. The van der Waals surface area contributed by atoms with E-state index in [0.29, 0.717) is 6.04 Å². The van der Waals surface area contributed by atoms with Crippen LogP contribution in [0.15, 0.2) is 23.3 Å². The van der Waals surface area contributed by atoms with Crippen molar-refractivity contribution in [3.05, 3.63) is 23.9 Å². The zero-order chi connectivity index (χ0) is 19.8. The molecule has 0 aliphatic carbocycles. The van der Waals surface area contributed by atoms with Crippen LogP contribution >= 0.6 is 24.0 Å². The lowest BCUT2D eigenvalue weighted by molar-refractivity contribution is 0.206. The van der Waals surface area contributed by atoms with Gasteiger partial charge in [-0.1, -0.05) is 13.0 Å².